The third kappa shape index (κ3) is 4.70. The standard InChI is InChI=1S/C13H19F3O2/c1-11(2)8-9(11)10(17)18-12(3,4)6-5-7-13(14,15)16/h5,7,9H,6,8H2,1-4H3/b7-5+/t9-/m0/s1. The molecule has 1 saturated carbocycles. The van der Waals surface area contributed by atoms with Gasteiger partial charge in [0.1, 0.15) is 5.60 Å². The Labute approximate surface area is 105 Å². The second-order valence-electron chi connectivity index (χ2n) is 6.07. The highest BCUT2D eigenvalue weighted by Gasteiger charge is 2.52. The van der Waals surface area contributed by atoms with Crippen LogP contribution in [0.1, 0.15) is 40.5 Å². The van der Waals surface area contributed by atoms with Gasteiger partial charge in [-0.1, -0.05) is 19.9 Å². The van der Waals surface area contributed by atoms with Crippen LogP contribution in [0, 0.1) is 11.3 Å². The van der Waals surface area contributed by atoms with Crippen LogP contribution in [0.25, 0.3) is 0 Å². The summed E-state index contributed by atoms with van der Waals surface area (Å²) in [5.74, 6) is -0.436. The summed E-state index contributed by atoms with van der Waals surface area (Å²) < 4.78 is 41.1. The van der Waals surface area contributed by atoms with Crippen molar-refractivity contribution < 1.29 is 22.7 Å². The van der Waals surface area contributed by atoms with E-state index >= 15 is 0 Å². The molecule has 0 aromatic rings. The van der Waals surface area contributed by atoms with Crippen LogP contribution in [0.2, 0.25) is 0 Å². The van der Waals surface area contributed by atoms with Crippen molar-refractivity contribution >= 4 is 5.97 Å². The molecule has 1 fully saturated rings. The first-order valence-corrected chi connectivity index (χ1v) is 5.90. The second kappa shape index (κ2) is 4.59. The number of esters is 1. The molecule has 0 bridgehead atoms. The van der Waals surface area contributed by atoms with Crippen molar-refractivity contribution in [3.05, 3.63) is 12.2 Å². The van der Waals surface area contributed by atoms with Crippen LogP contribution in [0.4, 0.5) is 13.2 Å². The Kier molecular flexibility index (Phi) is 3.84. The van der Waals surface area contributed by atoms with E-state index in [1.807, 2.05) is 13.8 Å². The number of carbonyl (C=O) groups is 1. The molecule has 0 unspecified atom stereocenters. The maximum Gasteiger partial charge on any atom is 0.409 e. The Hall–Kier alpha value is -1.00. The third-order valence-electron chi connectivity index (χ3n) is 3.09. The summed E-state index contributed by atoms with van der Waals surface area (Å²) in [4.78, 5) is 11.7. The Balaban J connectivity index is 2.45. The number of hydrogen-bond donors (Lipinski definition) is 0. The Morgan fingerprint density at radius 3 is 2.28 bits per heavy atom. The molecule has 0 heterocycles. The van der Waals surface area contributed by atoms with Crippen molar-refractivity contribution in [3.63, 3.8) is 0 Å². The van der Waals surface area contributed by atoms with Gasteiger partial charge in [-0.25, -0.2) is 0 Å². The molecule has 1 atom stereocenters. The van der Waals surface area contributed by atoms with Crippen LogP contribution < -0.4 is 0 Å². The number of ether oxygens (including phenoxy) is 1. The van der Waals surface area contributed by atoms with Crippen LogP contribution in [-0.4, -0.2) is 17.7 Å². The smallest absolute Gasteiger partial charge is 0.409 e. The van der Waals surface area contributed by atoms with Gasteiger partial charge in [0.15, 0.2) is 0 Å². The van der Waals surface area contributed by atoms with Crippen molar-refractivity contribution in [2.75, 3.05) is 0 Å². The van der Waals surface area contributed by atoms with Gasteiger partial charge in [-0.3, -0.25) is 4.79 Å². The van der Waals surface area contributed by atoms with Crippen LogP contribution in [0.15, 0.2) is 12.2 Å². The first-order chi connectivity index (χ1) is 7.93. The van der Waals surface area contributed by atoms with E-state index in [2.05, 4.69) is 0 Å². The molecule has 0 aromatic heterocycles. The molecule has 2 nitrogen and oxygen atoms in total. The van der Waals surface area contributed by atoms with E-state index in [0.29, 0.717) is 0 Å². The van der Waals surface area contributed by atoms with Gasteiger partial charge in [-0.2, -0.15) is 13.2 Å². The fraction of sp³-hybridized carbons (Fsp3) is 0.769. The normalized spacial score (nSPS) is 23.2. The molecule has 1 rings (SSSR count). The molecule has 104 valence electrons. The molecule has 0 aliphatic heterocycles. The van der Waals surface area contributed by atoms with Gasteiger partial charge in [-0.15, -0.1) is 0 Å². The summed E-state index contributed by atoms with van der Waals surface area (Å²) in [7, 11) is 0. The molecule has 1 aliphatic rings. The van der Waals surface area contributed by atoms with E-state index < -0.39 is 11.8 Å². The molecule has 1 aliphatic carbocycles. The first kappa shape index (κ1) is 15.1. The predicted molar refractivity (Wildman–Crippen MR) is 61.9 cm³/mol. The number of allylic oxidation sites excluding steroid dienone is 1. The maximum absolute atomic E-state index is 11.9. The summed E-state index contributed by atoms with van der Waals surface area (Å²) in [6, 6.07) is 0. The fourth-order valence-corrected chi connectivity index (χ4v) is 1.73. The second-order valence-corrected chi connectivity index (χ2v) is 6.07. The minimum Gasteiger partial charge on any atom is -0.459 e. The number of rotatable bonds is 4. The van der Waals surface area contributed by atoms with E-state index in [1.165, 1.54) is 0 Å². The highest BCUT2D eigenvalue weighted by Crippen LogP contribution is 2.52. The third-order valence-corrected chi connectivity index (χ3v) is 3.09. The van der Waals surface area contributed by atoms with Gasteiger partial charge >= 0.3 is 12.1 Å². The van der Waals surface area contributed by atoms with Crippen LogP contribution in [0.5, 0.6) is 0 Å². The highest BCUT2D eigenvalue weighted by atomic mass is 19.4. The number of alkyl halides is 3. The van der Waals surface area contributed by atoms with Crippen molar-refractivity contribution in [2.45, 2.75) is 52.3 Å². The molecule has 5 heteroatoms. The maximum atomic E-state index is 11.9. The SMILES string of the molecule is CC(C)(C/C=C/C(F)(F)F)OC(=O)[C@@H]1CC1(C)C. The molecule has 0 N–H and O–H groups in total. The van der Waals surface area contributed by atoms with Crippen LogP contribution in [-0.2, 0) is 9.53 Å². The summed E-state index contributed by atoms with van der Waals surface area (Å²) in [6.45, 7) is 7.16. The molecular weight excluding hydrogens is 245 g/mol. The lowest BCUT2D eigenvalue weighted by Gasteiger charge is -2.24. The molecule has 18 heavy (non-hydrogen) atoms. The van der Waals surface area contributed by atoms with Gasteiger partial charge < -0.3 is 4.74 Å². The monoisotopic (exact) mass is 264 g/mol. The number of hydrogen-bond acceptors (Lipinski definition) is 2. The molecule has 0 saturated heterocycles. The van der Waals surface area contributed by atoms with Crippen LogP contribution in [0.3, 0.4) is 0 Å². The predicted octanol–water partition coefficient (Wildman–Crippen LogP) is 3.86. The average Bonchev–Trinajstić information content (AvgIpc) is 2.71. The lowest BCUT2D eigenvalue weighted by atomic mass is 10.0. The lowest BCUT2D eigenvalue weighted by Crippen LogP contribution is -2.29. The van der Waals surface area contributed by atoms with E-state index in [9.17, 15) is 18.0 Å². The van der Waals surface area contributed by atoms with Gasteiger partial charge in [-0.05, 0) is 25.7 Å². The van der Waals surface area contributed by atoms with Gasteiger partial charge in [0.05, 0.1) is 5.92 Å². The molecular formula is C13H19F3O2. The fourth-order valence-electron chi connectivity index (χ4n) is 1.73. The molecule has 0 amide bonds. The summed E-state index contributed by atoms with van der Waals surface area (Å²) in [5, 5.41) is 0. The van der Waals surface area contributed by atoms with Crippen molar-refractivity contribution in [1.82, 2.24) is 0 Å². The minimum absolute atomic E-state index is 0.0328. The van der Waals surface area contributed by atoms with Crippen molar-refractivity contribution in [3.8, 4) is 0 Å². The van der Waals surface area contributed by atoms with Gasteiger partial charge in [0, 0.05) is 12.5 Å². The van der Waals surface area contributed by atoms with E-state index in [1.54, 1.807) is 13.8 Å². The highest BCUT2D eigenvalue weighted by molar-refractivity contribution is 5.77. The summed E-state index contributed by atoms with van der Waals surface area (Å²) >= 11 is 0. The molecule has 0 radical (unpaired) electrons. The number of carbonyl (C=O) groups excluding carboxylic acids is 1. The Morgan fingerprint density at radius 2 is 1.89 bits per heavy atom. The first-order valence-electron chi connectivity index (χ1n) is 5.90. The Morgan fingerprint density at radius 1 is 1.39 bits per heavy atom. The zero-order chi connectivity index (χ0) is 14.2. The zero-order valence-corrected chi connectivity index (χ0v) is 11.1. The van der Waals surface area contributed by atoms with E-state index in [-0.39, 0.29) is 29.8 Å². The topological polar surface area (TPSA) is 26.3 Å². The zero-order valence-electron chi connectivity index (χ0n) is 11.1. The lowest BCUT2D eigenvalue weighted by molar-refractivity contribution is -0.158. The van der Waals surface area contributed by atoms with E-state index in [4.69, 9.17) is 4.74 Å². The van der Waals surface area contributed by atoms with Crippen molar-refractivity contribution in [2.24, 2.45) is 11.3 Å². The Bertz CT molecular complexity index is 354. The van der Waals surface area contributed by atoms with E-state index in [0.717, 1.165) is 12.5 Å². The quantitative estimate of drug-likeness (QED) is 0.569. The largest absolute Gasteiger partial charge is 0.459 e. The average molecular weight is 264 g/mol. The van der Waals surface area contributed by atoms with Gasteiger partial charge in [0.2, 0.25) is 0 Å². The molecule has 0 spiro atoms. The van der Waals surface area contributed by atoms with Crippen molar-refractivity contribution in [1.29, 1.82) is 0 Å². The number of halogens is 3. The minimum atomic E-state index is -4.32. The summed E-state index contributed by atoms with van der Waals surface area (Å²) in [6.07, 6.45) is -2.33. The van der Waals surface area contributed by atoms with Crippen LogP contribution >= 0.6 is 0 Å². The summed E-state index contributed by atoms with van der Waals surface area (Å²) in [5.41, 5.74) is -0.938. The van der Waals surface area contributed by atoms with Gasteiger partial charge in [0.25, 0.3) is 0 Å². The molecule has 0 aromatic carbocycles.